The van der Waals surface area contributed by atoms with Crippen LogP contribution in [0.2, 0.25) is 5.02 Å². The van der Waals surface area contributed by atoms with Crippen molar-refractivity contribution in [3.63, 3.8) is 0 Å². The van der Waals surface area contributed by atoms with Crippen molar-refractivity contribution in [3.05, 3.63) is 32.7 Å². The van der Waals surface area contributed by atoms with Gasteiger partial charge in [-0.2, -0.15) is 0 Å². The summed E-state index contributed by atoms with van der Waals surface area (Å²) < 4.78 is 6.43. The molecule has 84 valence electrons. The minimum absolute atomic E-state index is 0.474. The molecule has 0 saturated heterocycles. The molecule has 0 fully saturated rings. The van der Waals surface area contributed by atoms with E-state index in [1.165, 1.54) is 0 Å². The van der Waals surface area contributed by atoms with E-state index in [2.05, 4.69) is 32.8 Å². The molecule has 2 rings (SSSR count). The molecule has 0 amide bonds. The highest BCUT2D eigenvalue weighted by molar-refractivity contribution is 14.1. The highest BCUT2D eigenvalue weighted by atomic mass is 127. The Hall–Kier alpha value is -0.660. The highest BCUT2D eigenvalue weighted by Crippen LogP contribution is 2.25. The second-order valence-electron chi connectivity index (χ2n) is 3.17. The van der Waals surface area contributed by atoms with Crippen LogP contribution in [0.5, 0.6) is 0 Å². The summed E-state index contributed by atoms with van der Waals surface area (Å²) in [6.45, 7) is 0.495. The Labute approximate surface area is 111 Å². The monoisotopic (exact) mass is 349 g/mol. The van der Waals surface area contributed by atoms with E-state index < -0.39 is 0 Å². The molecule has 2 N–H and O–H groups in total. The predicted molar refractivity (Wildman–Crippen MR) is 70.2 cm³/mol. The molecule has 0 saturated carbocycles. The van der Waals surface area contributed by atoms with Crippen LogP contribution >= 0.6 is 34.2 Å². The summed E-state index contributed by atoms with van der Waals surface area (Å²) in [6.07, 6.45) is 0.588. The lowest BCUT2D eigenvalue weighted by Gasteiger charge is -1.98. The van der Waals surface area contributed by atoms with Crippen molar-refractivity contribution in [1.29, 1.82) is 0 Å². The van der Waals surface area contributed by atoms with Gasteiger partial charge in [0, 0.05) is 22.1 Å². The number of hydrogen-bond acceptors (Lipinski definition) is 4. The van der Waals surface area contributed by atoms with Gasteiger partial charge in [0.05, 0.1) is 5.02 Å². The summed E-state index contributed by atoms with van der Waals surface area (Å²) in [4.78, 5) is 0. The standard InChI is InChI=1S/C10H9ClIN3O/c11-7-5-6(1-2-8(7)12)10-15-14-9(16-10)3-4-13/h1-2,5H,3-4,13H2. The van der Waals surface area contributed by atoms with Crippen molar-refractivity contribution in [2.24, 2.45) is 5.73 Å². The average Bonchev–Trinajstić information content (AvgIpc) is 2.71. The molecule has 0 aliphatic heterocycles. The molecule has 2 aromatic rings. The normalized spacial score (nSPS) is 10.7. The summed E-state index contributed by atoms with van der Waals surface area (Å²) in [7, 11) is 0. The Kier molecular flexibility index (Phi) is 3.78. The third-order valence-electron chi connectivity index (χ3n) is 1.99. The van der Waals surface area contributed by atoms with Gasteiger partial charge in [0.25, 0.3) is 0 Å². The Balaban J connectivity index is 2.31. The van der Waals surface area contributed by atoms with E-state index in [-0.39, 0.29) is 0 Å². The number of benzene rings is 1. The average molecular weight is 350 g/mol. The van der Waals surface area contributed by atoms with Gasteiger partial charge in [-0.05, 0) is 40.8 Å². The molecular formula is C10H9ClIN3O. The predicted octanol–water partition coefficient (Wildman–Crippen LogP) is 2.50. The zero-order valence-electron chi connectivity index (χ0n) is 8.28. The number of nitrogens with zero attached hydrogens (tertiary/aromatic N) is 2. The third-order valence-corrected chi connectivity index (χ3v) is 3.56. The van der Waals surface area contributed by atoms with Gasteiger partial charge >= 0.3 is 0 Å². The first kappa shape index (κ1) is 11.8. The molecule has 0 bridgehead atoms. The Bertz CT molecular complexity index is 501. The Morgan fingerprint density at radius 3 is 2.88 bits per heavy atom. The van der Waals surface area contributed by atoms with Crippen LogP contribution in [-0.2, 0) is 6.42 Å². The van der Waals surface area contributed by atoms with Crippen LogP contribution in [-0.4, -0.2) is 16.7 Å². The lowest BCUT2D eigenvalue weighted by Crippen LogP contribution is -2.02. The molecule has 0 unspecified atom stereocenters. The molecule has 0 radical (unpaired) electrons. The minimum Gasteiger partial charge on any atom is -0.421 e. The SMILES string of the molecule is NCCc1nnc(-c2ccc(I)c(Cl)c2)o1. The van der Waals surface area contributed by atoms with E-state index >= 15 is 0 Å². The zero-order chi connectivity index (χ0) is 11.5. The van der Waals surface area contributed by atoms with E-state index in [9.17, 15) is 0 Å². The number of nitrogens with two attached hydrogens (primary N) is 1. The van der Waals surface area contributed by atoms with E-state index in [1.807, 2.05) is 18.2 Å². The van der Waals surface area contributed by atoms with Crippen molar-refractivity contribution in [1.82, 2.24) is 10.2 Å². The zero-order valence-corrected chi connectivity index (χ0v) is 11.2. The molecule has 4 nitrogen and oxygen atoms in total. The lowest BCUT2D eigenvalue weighted by atomic mass is 10.2. The largest absolute Gasteiger partial charge is 0.421 e. The lowest BCUT2D eigenvalue weighted by molar-refractivity contribution is 0.507. The molecule has 0 spiro atoms. The highest BCUT2D eigenvalue weighted by Gasteiger charge is 2.09. The van der Waals surface area contributed by atoms with E-state index in [0.717, 1.165) is 9.13 Å². The van der Waals surface area contributed by atoms with Gasteiger partial charge in [0.2, 0.25) is 11.8 Å². The van der Waals surface area contributed by atoms with Gasteiger partial charge in [-0.25, -0.2) is 0 Å². The van der Waals surface area contributed by atoms with Crippen LogP contribution in [0.15, 0.2) is 22.6 Å². The van der Waals surface area contributed by atoms with Crippen LogP contribution in [0.1, 0.15) is 5.89 Å². The fourth-order valence-corrected chi connectivity index (χ4v) is 1.74. The maximum absolute atomic E-state index is 6.01. The second-order valence-corrected chi connectivity index (χ2v) is 4.74. The maximum Gasteiger partial charge on any atom is 0.247 e. The van der Waals surface area contributed by atoms with Gasteiger partial charge in [0.15, 0.2) is 0 Å². The van der Waals surface area contributed by atoms with Gasteiger partial charge in [-0.3, -0.25) is 0 Å². The molecule has 6 heteroatoms. The van der Waals surface area contributed by atoms with E-state index in [1.54, 1.807) is 0 Å². The van der Waals surface area contributed by atoms with Crippen molar-refractivity contribution < 1.29 is 4.42 Å². The summed E-state index contributed by atoms with van der Waals surface area (Å²) in [5.41, 5.74) is 6.22. The summed E-state index contributed by atoms with van der Waals surface area (Å²) in [5, 5.41) is 8.51. The molecule has 0 atom stereocenters. The summed E-state index contributed by atoms with van der Waals surface area (Å²) in [6, 6.07) is 5.61. The molecule has 0 aliphatic carbocycles. The molecule has 1 aromatic carbocycles. The molecule has 1 aromatic heterocycles. The number of hydrogen-bond donors (Lipinski definition) is 1. The molecule has 0 aliphatic rings. The first-order valence-corrected chi connectivity index (χ1v) is 6.14. The van der Waals surface area contributed by atoms with E-state index in [0.29, 0.717) is 29.8 Å². The first-order valence-electron chi connectivity index (χ1n) is 4.68. The quantitative estimate of drug-likeness (QED) is 0.865. The topological polar surface area (TPSA) is 64.9 Å². The van der Waals surface area contributed by atoms with Crippen LogP contribution in [0.4, 0.5) is 0 Å². The van der Waals surface area contributed by atoms with Crippen LogP contribution in [0.3, 0.4) is 0 Å². The Morgan fingerprint density at radius 1 is 1.38 bits per heavy atom. The second kappa shape index (κ2) is 5.11. The number of aromatic nitrogens is 2. The number of rotatable bonds is 3. The summed E-state index contributed by atoms with van der Waals surface area (Å²) >= 11 is 8.18. The van der Waals surface area contributed by atoms with Crippen molar-refractivity contribution in [3.8, 4) is 11.5 Å². The van der Waals surface area contributed by atoms with Gasteiger partial charge in [-0.1, -0.05) is 11.6 Å². The third kappa shape index (κ3) is 2.53. The summed E-state index contributed by atoms with van der Waals surface area (Å²) in [5.74, 6) is 1.02. The molecular weight excluding hydrogens is 340 g/mol. The van der Waals surface area contributed by atoms with Crippen LogP contribution in [0, 0.1) is 3.57 Å². The smallest absolute Gasteiger partial charge is 0.247 e. The molecule has 16 heavy (non-hydrogen) atoms. The van der Waals surface area contributed by atoms with Crippen molar-refractivity contribution in [2.75, 3.05) is 6.54 Å². The van der Waals surface area contributed by atoms with Crippen LogP contribution < -0.4 is 5.73 Å². The van der Waals surface area contributed by atoms with Crippen molar-refractivity contribution in [2.45, 2.75) is 6.42 Å². The van der Waals surface area contributed by atoms with Crippen molar-refractivity contribution >= 4 is 34.2 Å². The van der Waals surface area contributed by atoms with Gasteiger partial charge in [-0.15, -0.1) is 10.2 Å². The fourth-order valence-electron chi connectivity index (χ4n) is 1.22. The minimum atomic E-state index is 0.474. The number of halogens is 2. The van der Waals surface area contributed by atoms with Gasteiger partial charge in [0.1, 0.15) is 0 Å². The Morgan fingerprint density at radius 2 is 2.19 bits per heavy atom. The fraction of sp³-hybridized carbons (Fsp3) is 0.200. The van der Waals surface area contributed by atoms with Crippen LogP contribution in [0.25, 0.3) is 11.5 Å². The first-order chi connectivity index (χ1) is 7.70. The molecule has 1 heterocycles. The maximum atomic E-state index is 6.01. The van der Waals surface area contributed by atoms with Gasteiger partial charge < -0.3 is 10.2 Å². The van der Waals surface area contributed by atoms with E-state index in [4.69, 9.17) is 21.8 Å².